The molecule has 0 atom stereocenters. The summed E-state index contributed by atoms with van der Waals surface area (Å²) in [4.78, 5) is 4.70. The standard InChI is InChI=1S/C70H50N2/c1-5-13-53(14-6-1)57-27-37-65(38-28-57)71(66-39-29-58(30-40-66)54-15-7-2-8-16-54)69-45-35-61-47-51(23-25-63(61)49-69)21-22-52-24-26-64-50-70(46-36-62(64)48-52)72(67-41-31-59(32-42-67)55-17-9-3-10-18-55)68-43-33-60(34-44-68)56-19-11-4-12-20-56/h1-50H. The molecule has 0 saturated carbocycles. The second-order valence-electron chi connectivity index (χ2n) is 18.2. The van der Waals surface area contributed by atoms with E-state index in [-0.39, 0.29) is 0 Å². The van der Waals surface area contributed by atoms with Gasteiger partial charge in [0, 0.05) is 34.1 Å². The molecule has 0 aliphatic carbocycles. The van der Waals surface area contributed by atoms with Crippen molar-refractivity contribution in [3.8, 4) is 44.5 Å². The van der Waals surface area contributed by atoms with Crippen LogP contribution in [-0.4, -0.2) is 0 Å². The zero-order chi connectivity index (χ0) is 48.1. The second kappa shape index (κ2) is 19.8. The highest BCUT2D eigenvalue weighted by Crippen LogP contribution is 2.40. The van der Waals surface area contributed by atoms with Crippen LogP contribution in [0.15, 0.2) is 291 Å². The molecule has 0 amide bonds. The third-order valence-corrected chi connectivity index (χ3v) is 13.6. The van der Waals surface area contributed by atoms with Crippen molar-refractivity contribution < 1.29 is 0 Å². The molecular weight excluding hydrogens is 869 g/mol. The summed E-state index contributed by atoms with van der Waals surface area (Å²) in [6, 6.07) is 105. The number of rotatable bonds is 12. The van der Waals surface area contributed by atoms with Gasteiger partial charge in [0.25, 0.3) is 0 Å². The molecule has 0 heterocycles. The fraction of sp³-hybridized carbons (Fsp3) is 0. The van der Waals surface area contributed by atoms with E-state index in [1.807, 2.05) is 0 Å². The maximum absolute atomic E-state index is 2.35. The SMILES string of the molecule is C(=Cc1ccc2cc(N(c3ccc(-c4ccccc4)cc3)c3ccc(-c4ccccc4)cc3)ccc2c1)c1ccc2cc(N(c3ccc(-c4ccccc4)cc3)c3ccc(-c4ccccc4)cc3)ccc2c1. The van der Waals surface area contributed by atoms with Crippen LogP contribution in [0.4, 0.5) is 34.1 Å². The highest BCUT2D eigenvalue weighted by atomic mass is 15.1. The van der Waals surface area contributed by atoms with E-state index in [1.54, 1.807) is 0 Å². The Hall–Kier alpha value is -9.50. The number of hydrogen-bond donors (Lipinski definition) is 0. The lowest BCUT2D eigenvalue weighted by Gasteiger charge is -2.26. The van der Waals surface area contributed by atoms with Gasteiger partial charge in [0.2, 0.25) is 0 Å². The highest BCUT2D eigenvalue weighted by molar-refractivity contribution is 5.94. The summed E-state index contributed by atoms with van der Waals surface area (Å²) in [7, 11) is 0. The van der Waals surface area contributed by atoms with E-state index < -0.39 is 0 Å². The lowest BCUT2D eigenvalue weighted by Crippen LogP contribution is -2.09. The van der Waals surface area contributed by atoms with Crippen LogP contribution in [0.3, 0.4) is 0 Å². The Morgan fingerprint density at radius 3 is 0.681 bits per heavy atom. The monoisotopic (exact) mass is 918 g/mol. The minimum atomic E-state index is 1.10. The van der Waals surface area contributed by atoms with Gasteiger partial charge < -0.3 is 9.80 Å². The Morgan fingerprint density at radius 2 is 0.403 bits per heavy atom. The topological polar surface area (TPSA) is 6.48 Å². The first-order valence-electron chi connectivity index (χ1n) is 24.6. The van der Waals surface area contributed by atoms with Gasteiger partial charge in [-0.1, -0.05) is 218 Å². The first-order valence-corrected chi connectivity index (χ1v) is 24.6. The van der Waals surface area contributed by atoms with Crippen molar-refractivity contribution in [1.82, 2.24) is 0 Å². The predicted octanol–water partition coefficient (Wildman–Crippen LogP) is 19.8. The number of benzene rings is 12. The number of anilines is 6. The zero-order valence-electron chi connectivity index (χ0n) is 39.8. The molecule has 0 fully saturated rings. The van der Waals surface area contributed by atoms with Crippen molar-refractivity contribution in [2.75, 3.05) is 9.80 Å². The Balaban J connectivity index is 0.814. The van der Waals surface area contributed by atoms with E-state index in [9.17, 15) is 0 Å². The van der Waals surface area contributed by atoms with Crippen molar-refractivity contribution in [2.24, 2.45) is 0 Å². The largest absolute Gasteiger partial charge is 0.310 e. The summed E-state index contributed by atoms with van der Waals surface area (Å²) >= 11 is 0. The zero-order valence-corrected chi connectivity index (χ0v) is 39.8. The van der Waals surface area contributed by atoms with Gasteiger partial charge in [-0.25, -0.2) is 0 Å². The third-order valence-electron chi connectivity index (χ3n) is 13.6. The molecule has 2 heteroatoms. The lowest BCUT2D eigenvalue weighted by atomic mass is 10.0. The minimum Gasteiger partial charge on any atom is -0.310 e. The van der Waals surface area contributed by atoms with E-state index in [0.29, 0.717) is 0 Å². The predicted molar refractivity (Wildman–Crippen MR) is 308 cm³/mol. The smallest absolute Gasteiger partial charge is 0.0468 e. The summed E-state index contributed by atoms with van der Waals surface area (Å²) in [5, 5.41) is 4.76. The Bertz CT molecular complexity index is 3370. The molecule has 12 aromatic rings. The van der Waals surface area contributed by atoms with Crippen molar-refractivity contribution in [1.29, 1.82) is 0 Å². The van der Waals surface area contributed by atoms with Crippen LogP contribution in [0.2, 0.25) is 0 Å². The summed E-state index contributed by atoms with van der Waals surface area (Å²) in [6.45, 7) is 0. The van der Waals surface area contributed by atoms with Crippen LogP contribution in [-0.2, 0) is 0 Å². The van der Waals surface area contributed by atoms with E-state index in [4.69, 9.17) is 0 Å². The van der Waals surface area contributed by atoms with Crippen molar-refractivity contribution in [3.05, 3.63) is 302 Å². The molecule has 0 unspecified atom stereocenters. The van der Waals surface area contributed by atoms with E-state index >= 15 is 0 Å². The van der Waals surface area contributed by atoms with Crippen molar-refractivity contribution in [3.63, 3.8) is 0 Å². The van der Waals surface area contributed by atoms with E-state index in [0.717, 1.165) is 45.3 Å². The molecule has 12 rings (SSSR count). The molecule has 0 spiro atoms. The van der Waals surface area contributed by atoms with Gasteiger partial charge in [-0.15, -0.1) is 0 Å². The maximum atomic E-state index is 2.35. The number of fused-ring (bicyclic) bond motifs is 2. The fourth-order valence-electron chi connectivity index (χ4n) is 9.81. The van der Waals surface area contributed by atoms with Crippen LogP contribution in [0.5, 0.6) is 0 Å². The molecule has 0 saturated heterocycles. The first-order chi connectivity index (χ1) is 35.6. The lowest BCUT2D eigenvalue weighted by molar-refractivity contribution is 1.29. The first kappa shape index (κ1) is 43.8. The van der Waals surface area contributed by atoms with Crippen molar-refractivity contribution >= 4 is 67.8 Å². The third kappa shape index (κ3) is 9.33. The van der Waals surface area contributed by atoms with E-state index in [1.165, 1.54) is 66.1 Å². The summed E-state index contributed by atoms with van der Waals surface area (Å²) < 4.78 is 0. The molecule has 340 valence electrons. The van der Waals surface area contributed by atoms with Gasteiger partial charge in [-0.3, -0.25) is 0 Å². The summed E-state index contributed by atoms with van der Waals surface area (Å²) in [6.07, 6.45) is 4.44. The van der Waals surface area contributed by atoms with Gasteiger partial charge in [0.15, 0.2) is 0 Å². The normalized spacial score (nSPS) is 11.3. The van der Waals surface area contributed by atoms with Gasteiger partial charge >= 0.3 is 0 Å². The van der Waals surface area contributed by atoms with Crippen LogP contribution >= 0.6 is 0 Å². The molecular formula is C70H50N2. The molecule has 0 bridgehead atoms. The second-order valence-corrected chi connectivity index (χ2v) is 18.2. The number of hydrogen-bond acceptors (Lipinski definition) is 2. The maximum Gasteiger partial charge on any atom is 0.0468 e. The molecule has 12 aromatic carbocycles. The Morgan fingerprint density at radius 1 is 0.181 bits per heavy atom. The Kier molecular flexibility index (Phi) is 12.1. The molecule has 0 radical (unpaired) electrons. The van der Waals surface area contributed by atoms with Crippen LogP contribution < -0.4 is 9.80 Å². The van der Waals surface area contributed by atoms with Crippen LogP contribution in [0.25, 0.3) is 78.2 Å². The average molecular weight is 919 g/mol. The quantitative estimate of drug-likeness (QED) is 0.113. The summed E-state index contributed by atoms with van der Waals surface area (Å²) in [5.41, 5.74) is 18.6. The van der Waals surface area contributed by atoms with Gasteiger partial charge in [-0.05, 0) is 162 Å². The summed E-state index contributed by atoms with van der Waals surface area (Å²) in [5.74, 6) is 0. The van der Waals surface area contributed by atoms with Gasteiger partial charge in [0.05, 0.1) is 0 Å². The fourth-order valence-corrected chi connectivity index (χ4v) is 9.81. The van der Waals surface area contributed by atoms with Gasteiger partial charge in [-0.2, -0.15) is 0 Å². The molecule has 0 aliphatic rings. The number of nitrogens with zero attached hydrogens (tertiary/aromatic N) is 2. The Labute approximate surface area is 422 Å². The average Bonchev–Trinajstić information content (AvgIpc) is 3.46. The van der Waals surface area contributed by atoms with Crippen LogP contribution in [0.1, 0.15) is 11.1 Å². The minimum absolute atomic E-state index is 1.10. The molecule has 72 heavy (non-hydrogen) atoms. The molecule has 2 nitrogen and oxygen atoms in total. The van der Waals surface area contributed by atoms with Gasteiger partial charge in [0.1, 0.15) is 0 Å². The van der Waals surface area contributed by atoms with Crippen molar-refractivity contribution in [2.45, 2.75) is 0 Å². The molecule has 0 N–H and O–H groups in total. The van der Waals surface area contributed by atoms with E-state index in [2.05, 4.69) is 313 Å². The highest BCUT2D eigenvalue weighted by Gasteiger charge is 2.16. The molecule has 0 aliphatic heterocycles. The van der Waals surface area contributed by atoms with Crippen LogP contribution in [0, 0.1) is 0 Å². The molecule has 0 aromatic heterocycles.